The molecule has 0 aromatic rings. The van der Waals surface area contributed by atoms with Crippen molar-refractivity contribution < 1.29 is 41.6 Å². The molecule has 0 bridgehead atoms. The van der Waals surface area contributed by atoms with E-state index in [2.05, 4.69) is 0 Å². The summed E-state index contributed by atoms with van der Waals surface area (Å²) in [6.45, 7) is 0. The standard InChI is InChI=1S/C6H11F3N.HI/c1-10(2,3)4-5(7)6(8)9;/h4,6H,1-3H3;1H/q+1;/p-1/b5-4-;. The Morgan fingerprint density at radius 2 is 1.64 bits per heavy atom. The summed E-state index contributed by atoms with van der Waals surface area (Å²) in [5.41, 5.74) is 0. The summed E-state index contributed by atoms with van der Waals surface area (Å²) in [6.07, 6.45) is -2.12. The van der Waals surface area contributed by atoms with Gasteiger partial charge in [0.15, 0.2) is 0 Å². The highest BCUT2D eigenvalue weighted by atomic mass is 127. The number of rotatable bonds is 2. The zero-order valence-electron chi connectivity index (χ0n) is 6.61. The fraction of sp³-hybridized carbons (Fsp3) is 0.667. The quantitative estimate of drug-likeness (QED) is 0.439. The number of quaternary nitrogens is 1. The molecule has 0 aliphatic heterocycles. The van der Waals surface area contributed by atoms with Gasteiger partial charge in [0.25, 0.3) is 6.43 Å². The SMILES string of the molecule is C[N+](C)(C)/C=C(\F)C(F)F.[I-]. The second-order valence-electron chi connectivity index (χ2n) is 2.93. The van der Waals surface area contributed by atoms with Crippen LogP contribution in [0.1, 0.15) is 0 Å². The Morgan fingerprint density at radius 3 is 1.73 bits per heavy atom. The summed E-state index contributed by atoms with van der Waals surface area (Å²) >= 11 is 0. The highest BCUT2D eigenvalue weighted by Crippen LogP contribution is 2.11. The number of alkyl halides is 2. The third kappa shape index (κ3) is 8.12. The van der Waals surface area contributed by atoms with Crippen LogP contribution < -0.4 is 24.0 Å². The molecule has 0 saturated heterocycles. The molecule has 11 heavy (non-hydrogen) atoms. The molecule has 0 saturated carbocycles. The van der Waals surface area contributed by atoms with Crippen LogP contribution in [0.25, 0.3) is 0 Å². The van der Waals surface area contributed by atoms with Crippen LogP contribution in [0, 0.1) is 0 Å². The summed E-state index contributed by atoms with van der Waals surface area (Å²) in [5.74, 6) is -1.37. The van der Waals surface area contributed by atoms with E-state index in [1.165, 1.54) is 0 Å². The van der Waals surface area contributed by atoms with Crippen LogP contribution in [0.3, 0.4) is 0 Å². The largest absolute Gasteiger partial charge is 1.00 e. The van der Waals surface area contributed by atoms with Gasteiger partial charge in [0, 0.05) is 0 Å². The lowest BCUT2D eigenvalue weighted by molar-refractivity contribution is -0.818. The summed E-state index contributed by atoms with van der Waals surface area (Å²) in [4.78, 5) is 0. The molecule has 0 atom stereocenters. The van der Waals surface area contributed by atoms with Crippen molar-refractivity contribution in [1.82, 2.24) is 0 Å². The van der Waals surface area contributed by atoms with Gasteiger partial charge in [-0.2, -0.15) is 4.39 Å². The van der Waals surface area contributed by atoms with Gasteiger partial charge in [0.2, 0.25) is 5.83 Å². The zero-order chi connectivity index (χ0) is 8.36. The Labute approximate surface area is 81.5 Å². The molecule has 5 heteroatoms. The van der Waals surface area contributed by atoms with Gasteiger partial charge in [-0.3, -0.25) is 0 Å². The molecule has 0 rings (SSSR count). The number of allylic oxidation sites excluding steroid dienone is 1. The van der Waals surface area contributed by atoms with E-state index in [-0.39, 0.29) is 28.5 Å². The fourth-order valence-corrected chi connectivity index (χ4v) is 0.426. The van der Waals surface area contributed by atoms with Crippen LogP contribution in [0.15, 0.2) is 12.0 Å². The van der Waals surface area contributed by atoms with Crippen LogP contribution in [0.4, 0.5) is 13.2 Å². The highest BCUT2D eigenvalue weighted by molar-refractivity contribution is 4.88. The highest BCUT2D eigenvalue weighted by Gasteiger charge is 2.15. The van der Waals surface area contributed by atoms with E-state index in [0.717, 1.165) is 6.20 Å². The van der Waals surface area contributed by atoms with Crippen molar-refractivity contribution in [2.75, 3.05) is 21.1 Å². The second kappa shape index (κ2) is 4.97. The first-order valence-electron chi connectivity index (χ1n) is 2.80. The normalized spacial score (nSPS) is 13.2. The van der Waals surface area contributed by atoms with E-state index in [0.29, 0.717) is 0 Å². The smallest absolute Gasteiger partial charge is 0.294 e. The number of hydrogen-bond donors (Lipinski definition) is 0. The maximum atomic E-state index is 12.1. The van der Waals surface area contributed by atoms with Crippen molar-refractivity contribution >= 4 is 0 Å². The van der Waals surface area contributed by atoms with Crippen LogP contribution in [-0.2, 0) is 0 Å². The van der Waals surface area contributed by atoms with E-state index < -0.39 is 12.3 Å². The van der Waals surface area contributed by atoms with E-state index in [9.17, 15) is 13.2 Å². The zero-order valence-corrected chi connectivity index (χ0v) is 8.77. The third-order valence-electron chi connectivity index (χ3n) is 0.719. The molecule has 0 fully saturated rings. The molecular formula is C6H11F3IN. The van der Waals surface area contributed by atoms with Crippen LogP contribution in [0.5, 0.6) is 0 Å². The summed E-state index contributed by atoms with van der Waals surface area (Å²) in [5, 5.41) is 0. The molecule has 0 aromatic carbocycles. The minimum Gasteiger partial charge on any atom is -1.00 e. The van der Waals surface area contributed by atoms with Gasteiger partial charge in [0.1, 0.15) is 6.20 Å². The van der Waals surface area contributed by atoms with Crippen molar-refractivity contribution in [3.05, 3.63) is 12.0 Å². The van der Waals surface area contributed by atoms with E-state index >= 15 is 0 Å². The van der Waals surface area contributed by atoms with Crippen molar-refractivity contribution in [3.8, 4) is 0 Å². The van der Waals surface area contributed by atoms with Gasteiger partial charge in [-0.15, -0.1) is 0 Å². The Morgan fingerprint density at radius 1 is 1.27 bits per heavy atom. The summed E-state index contributed by atoms with van der Waals surface area (Å²) < 4.78 is 35.2. The van der Waals surface area contributed by atoms with Gasteiger partial charge in [-0.1, -0.05) is 0 Å². The van der Waals surface area contributed by atoms with Crippen molar-refractivity contribution in [3.63, 3.8) is 0 Å². The fourth-order valence-electron chi connectivity index (χ4n) is 0.426. The topological polar surface area (TPSA) is 0 Å². The Balaban J connectivity index is 0. The van der Waals surface area contributed by atoms with Gasteiger partial charge in [-0.05, 0) is 0 Å². The molecule has 0 radical (unpaired) electrons. The van der Waals surface area contributed by atoms with Crippen LogP contribution in [-0.4, -0.2) is 32.1 Å². The molecule has 0 aromatic heterocycles. The Kier molecular flexibility index (Phi) is 6.23. The van der Waals surface area contributed by atoms with Gasteiger partial charge in [0.05, 0.1) is 21.1 Å². The Hall–Kier alpha value is 0.220. The minimum absolute atomic E-state index is 0. The van der Waals surface area contributed by atoms with Crippen molar-refractivity contribution in [2.24, 2.45) is 0 Å². The van der Waals surface area contributed by atoms with Crippen LogP contribution in [0.2, 0.25) is 0 Å². The van der Waals surface area contributed by atoms with E-state index in [1.807, 2.05) is 0 Å². The first-order chi connectivity index (χ1) is 4.33. The molecule has 0 spiro atoms. The molecule has 0 amide bonds. The monoisotopic (exact) mass is 281 g/mol. The maximum absolute atomic E-state index is 12.1. The number of nitrogens with zero attached hydrogens (tertiary/aromatic N) is 1. The first kappa shape index (κ1) is 13.8. The predicted molar refractivity (Wildman–Crippen MR) is 33.2 cm³/mol. The lowest BCUT2D eigenvalue weighted by Gasteiger charge is -2.17. The second-order valence-corrected chi connectivity index (χ2v) is 2.93. The van der Waals surface area contributed by atoms with Gasteiger partial charge in [-0.25, -0.2) is 8.78 Å². The van der Waals surface area contributed by atoms with Crippen LogP contribution >= 0.6 is 0 Å². The lowest BCUT2D eigenvalue weighted by Crippen LogP contribution is -3.00. The van der Waals surface area contributed by atoms with E-state index in [4.69, 9.17) is 0 Å². The molecular weight excluding hydrogens is 270 g/mol. The summed E-state index contributed by atoms with van der Waals surface area (Å²) in [6, 6.07) is 0. The van der Waals surface area contributed by atoms with Gasteiger partial charge < -0.3 is 28.5 Å². The lowest BCUT2D eigenvalue weighted by atomic mass is 10.5. The minimum atomic E-state index is -2.99. The number of hydrogen-bond acceptors (Lipinski definition) is 0. The first-order valence-corrected chi connectivity index (χ1v) is 2.80. The molecule has 0 unspecified atom stereocenters. The molecule has 0 aliphatic rings. The van der Waals surface area contributed by atoms with Crippen molar-refractivity contribution in [2.45, 2.75) is 6.43 Å². The molecule has 1 nitrogen and oxygen atoms in total. The predicted octanol–water partition coefficient (Wildman–Crippen LogP) is -1.23. The average molecular weight is 281 g/mol. The van der Waals surface area contributed by atoms with Crippen molar-refractivity contribution in [1.29, 1.82) is 0 Å². The average Bonchev–Trinajstić information content (AvgIpc) is 1.60. The summed E-state index contributed by atoms with van der Waals surface area (Å²) in [7, 11) is 4.80. The molecule has 68 valence electrons. The van der Waals surface area contributed by atoms with Gasteiger partial charge >= 0.3 is 0 Å². The number of halogens is 4. The maximum Gasteiger partial charge on any atom is 0.294 e. The Bertz CT molecular complexity index is 139. The third-order valence-corrected chi connectivity index (χ3v) is 0.719. The molecule has 0 N–H and O–H groups in total. The van der Waals surface area contributed by atoms with E-state index in [1.54, 1.807) is 21.1 Å². The molecule has 0 heterocycles. The molecule has 0 aliphatic carbocycles.